The molecule has 0 saturated heterocycles. The van der Waals surface area contributed by atoms with Crippen LogP contribution in [-0.4, -0.2) is 30.7 Å². The Balaban J connectivity index is 2.18. The summed E-state index contributed by atoms with van der Waals surface area (Å²) in [5.74, 6) is 0.656. The molecule has 0 unspecified atom stereocenters. The van der Waals surface area contributed by atoms with Crippen LogP contribution in [0, 0.1) is 0 Å². The highest BCUT2D eigenvalue weighted by Crippen LogP contribution is 2.05. The number of methoxy groups -OCH3 is 1. The smallest absolute Gasteiger partial charge is 0.212 e. The summed E-state index contributed by atoms with van der Waals surface area (Å²) in [6.07, 6.45) is 1.84. The van der Waals surface area contributed by atoms with Crippen molar-refractivity contribution in [2.45, 2.75) is 32.9 Å². The molecule has 17 heavy (non-hydrogen) atoms. The fourth-order valence-electron chi connectivity index (χ4n) is 1.39. The van der Waals surface area contributed by atoms with E-state index in [1.165, 1.54) is 5.56 Å². The minimum atomic E-state index is 0.184. The van der Waals surface area contributed by atoms with Gasteiger partial charge in [-0.15, -0.1) is 0 Å². The molecular formula is C13H23N3O. The maximum absolute atomic E-state index is 5.01. The molecule has 1 rings (SSSR count). The van der Waals surface area contributed by atoms with E-state index in [2.05, 4.69) is 36.4 Å². The SMILES string of the molecule is COc1ccc(CNCCNC(C)(C)C)cn1. The minimum absolute atomic E-state index is 0.184. The molecule has 1 aromatic heterocycles. The number of rotatable bonds is 6. The fraction of sp³-hybridized carbons (Fsp3) is 0.615. The number of hydrogen-bond acceptors (Lipinski definition) is 4. The van der Waals surface area contributed by atoms with Crippen molar-refractivity contribution in [3.8, 4) is 5.88 Å². The Hall–Kier alpha value is -1.13. The Kier molecular flexibility index (Phi) is 5.38. The minimum Gasteiger partial charge on any atom is -0.481 e. The van der Waals surface area contributed by atoms with Gasteiger partial charge in [0.1, 0.15) is 0 Å². The number of ether oxygens (including phenoxy) is 1. The monoisotopic (exact) mass is 237 g/mol. The van der Waals surface area contributed by atoms with Crippen molar-refractivity contribution in [1.82, 2.24) is 15.6 Å². The molecule has 2 N–H and O–H groups in total. The summed E-state index contributed by atoms with van der Waals surface area (Å²) < 4.78 is 5.01. The molecule has 0 radical (unpaired) electrons. The van der Waals surface area contributed by atoms with Gasteiger partial charge >= 0.3 is 0 Å². The van der Waals surface area contributed by atoms with Crippen molar-refractivity contribution in [3.05, 3.63) is 23.9 Å². The highest BCUT2D eigenvalue weighted by Gasteiger charge is 2.06. The van der Waals surface area contributed by atoms with Crippen LogP contribution >= 0.6 is 0 Å². The van der Waals surface area contributed by atoms with Gasteiger partial charge in [-0.2, -0.15) is 0 Å². The average Bonchev–Trinajstić information content (AvgIpc) is 2.28. The predicted octanol–water partition coefficient (Wildman–Crippen LogP) is 1.57. The Bertz CT molecular complexity index is 316. The molecular weight excluding hydrogens is 214 g/mol. The van der Waals surface area contributed by atoms with Crippen LogP contribution < -0.4 is 15.4 Å². The molecule has 0 saturated carbocycles. The normalized spacial score (nSPS) is 11.5. The molecule has 4 heteroatoms. The molecule has 0 fully saturated rings. The van der Waals surface area contributed by atoms with Crippen LogP contribution in [0.25, 0.3) is 0 Å². The average molecular weight is 237 g/mol. The van der Waals surface area contributed by atoms with Crippen LogP contribution in [-0.2, 0) is 6.54 Å². The molecule has 0 spiro atoms. The summed E-state index contributed by atoms with van der Waals surface area (Å²) in [6, 6.07) is 3.90. The fourth-order valence-corrected chi connectivity index (χ4v) is 1.39. The zero-order chi connectivity index (χ0) is 12.7. The van der Waals surface area contributed by atoms with Gasteiger partial charge < -0.3 is 15.4 Å². The van der Waals surface area contributed by atoms with Gasteiger partial charge in [0.05, 0.1) is 7.11 Å². The number of nitrogens with one attached hydrogen (secondary N) is 2. The third-order valence-corrected chi connectivity index (χ3v) is 2.29. The van der Waals surface area contributed by atoms with E-state index in [1.54, 1.807) is 7.11 Å². The van der Waals surface area contributed by atoms with Gasteiger partial charge in [0.15, 0.2) is 0 Å². The van der Waals surface area contributed by atoms with Crippen molar-refractivity contribution in [2.24, 2.45) is 0 Å². The van der Waals surface area contributed by atoms with Crippen molar-refractivity contribution >= 4 is 0 Å². The standard InChI is InChI=1S/C13H23N3O/c1-13(2,3)16-8-7-14-9-11-5-6-12(17-4)15-10-11/h5-6,10,14,16H,7-9H2,1-4H3. The van der Waals surface area contributed by atoms with E-state index in [-0.39, 0.29) is 5.54 Å². The Morgan fingerprint density at radius 2 is 2.00 bits per heavy atom. The second-order valence-electron chi connectivity index (χ2n) is 5.06. The predicted molar refractivity (Wildman–Crippen MR) is 70.3 cm³/mol. The Labute approximate surface area is 104 Å². The van der Waals surface area contributed by atoms with Gasteiger partial charge in [-0.1, -0.05) is 6.07 Å². The zero-order valence-corrected chi connectivity index (χ0v) is 11.2. The molecule has 0 aliphatic heterocycles. The Morgan fingerprint density at radius 1 is 1.24 bits per heavy atom. The van der Waals surface area contributed by atoms with Gasteiger partial charge in [0.25, 0.3) is 0 Å². The van der Waals surface area contributed by atoms with Crippen molar-refractivity contribution < 1.29 is 4.74 Å². The van der Waals surface area contributed by atoms with E-state index in [4.69, 9.17) is 4.74 Å². The molecule has 0 bridgehead atoms. The molecule has 0 aromatic carbocycles. The first kappa shape index (κ1) is 13.9. The third kappa shape index (κ3) is 6.24. The molecule has 1 aromatic rings. The number of aromatic nitrogens is 1. The summed E-state index contributed by atoms with van der Waals surface area (Å²) >= 11 is 0. The van der Waals surface area contributed by atoms with E-state index in [0.717, 1.165) is 19.6 Å². The first-order valence-electron chi connectivity index (χ1n) is 5.96. The molecule has 4 nitrogen and oxygen atoms in total. The Morgan fingerprint density at radius 3 is 2.53 bits per heavy atom. The van der Waals surface area contributed by atoms with E-state index in [1.807, 2.05) is 18.3 Å². The molecule has 0 amide bonds. The van der Waals surface area contributed by atoms with Gasteiger partial charge in [-0.05, 0) is 26.3 Å². The number of hydrogen-bond donors (Lipinski definition) is 2. The maximum Gasteiger partial charge on any atom is 0.212 e. The van der Waals surface area contributed by atoms with Crippen LogP contribution in [0.4, 0.5) is 0 Å². The van der Waals surface area contributed by atoms with E-state index >= 15 is 0 Å². The molecule has 1 heterocycles. The summed E-state index contributed by atoms with van der Waals surface area (Å²) in [7, 11) is 1.62. The lowest BCUT2D eigenvalue weighted by Gasteiger charge is -2.20. The van der Waals surface area contributed by atoms with Crippen LogP contribution in [0.2, 0.25) is 0 Å². The highest BCUT2D eigenvalue weighted by molar-refractivity contribution is 5.17. The summed E-state index contributed by atoms with van der Waals surface area (Å²) in [4.78, 5) is 4.16. The van der Waals surface area contributed by atoms with Gasteiger partial charge in [-0.3, -0.25) is 0 Å². The second kappa shape index (κ2) is 6.57. The van der Waals surface area contributed by atoms with Crippen LogP contribution in [0.15, 0.2) is 18.3 Å². The third-order valence-electron chi connectivity index (χ3n) is 2.29. The van der Waals surface area contributed by atoms with Gasteiger partial charge in [0.2, 0.25) is 5.88 Å². The number of pyridine rings is 1. The molecule has 0 aliphatic carbocycles. The van der Waals surface area contributed by atoms with Crippen LogP contribution in [0.5, 0.6) is 5.88 Å². The largest absolute Gasteiger partial charge is 0.481 e. The summed E-state index contributed by atoms with van der Waals surface area (Å²) in [5, 5.41) is 6.80. The second-order valence-corrected chi connectivity index (χ2v) is 5.06. The van der Waals surface area contributed by atoms with Crippen molar-refractivity contribution in [2.75, 3.05) is 20.2 Å². The maximum atomic E-state index is 5.01. The first-order chi connectivity index (χ1) is 8.01. The summed E-state index contributed by atoms with van der Waals surface area (Å²) in [5.41, 5.74) is 1.35. The van der Waals surface area contributed by atoms with E-state index in [0.29, 0.717) is 5.88 Å². The molecule has 0 aliphatic rings. The van der Waals surface area contributed by atoms with E-state index < -0.39 is 0 Å². The lowest BCUT2D eigenvalue weighted by molar-refractivity contribution is 0.397. The lowest BCUT2D eigenvalue weighted by atomic mass is 10.1. The molecule has 96 valence electrons. The van der Waals surface area contributed by atoms with Crippen molar-refractivity contribution in [1.29, 1.82) is 0 Å². The quantitative estimate of drug-likeness (QED) is 0.737. The van der Waals surface area contributed by atoms with Gasteiger partial charge in [-0.25, -0.2) is 4.98 Å². The number of nitrogens with zero attached hydrogens (tertiary/aromatic N) is 1. The topological polar surface area (TPSA) is 46.2 Å². The zero-order valence-electron chi connectivity index (χ0n) is 11.2. The molecule has 0 atom stereocenters. The lowest BCUT2D eigenvalue weighted by Crippen LogP contribution is -2.40. The van der Waals surface area contributed by atoms with Crippen molar-refractivity contribution in [3.63, 3.8) is 0 Å². The van der Waals surface area contributed by atoms with E-state index in [9.17, 15) is 0 Å². The van der Waals surface area contributed by atoms with Crippen LogP contribution in [0.3, 0.4) is 0 Å². The first-order valence-corrected chi connectivity index (χ1v) is 5.96. The summed E-state index contributed by atoms with van der Waals surface area (Å²) in [6.45, 7) is 9.25. The van der Waals surface area contributed by atoms with Crippen LogP contribution in [0.1, 0.15) is 26.3 Å². The van der Waals surface area contributed by atoms with Gasteiger partial charge in [0, 0.05) is 37.4 Å². The highest BCUT2D eigenvalue weighted by atomic mass is 16.5.